The lowest BCUT2D eigenvalue weighted by Gasteiger charge is -2.46. The highest BCUT2D eigenvalue weighted by Gasteiger charge is 2.59. The van der Waals surface area contributed by atoms with Crippen LogP contribution in [0.3, 0.4) is 0 Å². The van der Waals surface area contributed by atoms with E-state index in [1.54, 1.807) is 6.08 Å². The Morgan fingerprint density at radius 2 is 1.93 bits per heavy atom. The second-order valence-corrected chi connectivity index (χ2v) is 8.65. The van der Waals surface area contributed by atoms with Crippen LogP contribution in [0.5, 0.6) is 0 Å². The Morgan fingerprint density at radius 1 is 1.30 bits per heavy atom. The third-order valence-corrected chi connectivity index (χ3v) is 6.14. The molecule has 0 N–H and O–H groups in total. The highest BCUT2D eigenvalue weighted by molar-refractivity contribution is 5.97. The van der Waals surface area contributed by atoms with Gasteiger partial charge in [-0.25, -0.2) is 0 Å². The van der Waals surface area contributed by atoms with Gasteiger partial charge in [0.25, 0.3) is 0 Å². The maximum absolute atomic E-state index is 12.5. The first-order valence-electron chi connectivity index (χ1n) is 9.73. The van der Waals surface area contributed by atoms with E-state index in [0.29, 0.717) is 12.8 Å². The minimum atomic E-state index is -0.846. The van der Waals surface area contributed by atoms with Crippen molar-refractivity contribution in [2.24, 2.45) is 23.2 Å². The summed E-state index contributed by atoms with van der Waals surface area (Å²) in [5.41, 5.74) is 1.41. The van der Waals surface area contributed by atoms with Gasteiger partial charge in [0.2, 0.25) is 0 Å². The summed E-state index contributed by atoms with van der Waals surface area (Å²) in [6.45, 7) is 15.2. The lowest BCUT2D eigenvalue weighted by molar-refractivity contribution is -0.167. The molecule has 5 nitrogen and oxygen atoms in total. The minimum Gasteiger partial charge on any atom is -0.461 e. The number of hydrogen-bond acceptors (Lipinski definition) is 5. The smallest absolute Gasteiger partial charge is 0.306 e. The number of carbonyl (C=O) groups is 3. The van der Waals surface area contributed by atoms with Crippen LogP contribution in [0.1, 0.15) is 60.8 Å². The molecule has 1 spiro atoms. The standard InChI is InChI=1S/C22H32O5/c1-12(2)8-20(25)27-19-10-17(13(3)4)11-22(19)14(5)9-18(24)21(15(22)6)26-16(7)23/h9,12,15,17,19,21H,3,8,10-11H2,1-2,4-7H3/t15-,17-,19-,21-,22+/m1/s1. The van der Waals surface area contributed by atoms with Crippen LogP contribution in [0.4, 0.5) is 0 Å². The van der Waals surface area contributed by atoms with Crippen LogP contribution < -0.4 is 0 Å². The Morgan fingerprint density at radius 3 is 2.44 bits per heavy atom. The zero-order valence-electron chi connectivity index (χ0n) is 17.3. The average Bonchev–Trinajstić information content (AvgIpc) is 2.89. The Hall–Kier alpha value is -1.91. The van der Waals surface area contributed by atoms with Crippen molar-refractivity contribution in [2.45, 2.75) is 73.0 Å². The molecular formula is C22H32O5. The van der Waals surface area contributed by atoms with Crippen molar-refractivity contribution in [1.82, 2.24) is 0 Å². The molecule has 0 saturated heterocycles. The van der Waals surface area contributed by atoms with Gasteiger partial charge in [-0.3, -0.25) is 14.4 Å². The van der Waals surface area contributed by atoms with E-state index in [9.17, 15) is 14.4 Å². The quantitative estimate of drug-likeness (QED) is 0.535. The molecule has 0 aliphatic heterocycles. The zero-order valence-corrected chi connectivity index (χ0v) is 17.3. The Balaban J connectivity index is 2.44. The Kier molecular flexibility index (Phi) is 6.33. The lowest BCUT2D eigenvalue weighted by atomic mass is 9.62. The van der Waals surface area contributed by atoms with Crippen LogP contribution >= 0.6 is 0 Å². The molecule has 0 unspecified atom stereocenters. The average molecular weight is 376 g/mol. The molecule has 0 bridgehead atoms. The summed E-state index contributed by atoms with van der Waals surface area (Å²) in [5, 5.41) is 0. The third-order valence-electron chi connectivity index (χ3n) is 6.14. The van der Waals surface area contributed by atoms with Crippen LogP contribution in [0.2, 0.25) is 0 Å². The Labute approximate surface area is 162 Å². The van der Waals surface area contributed by atoms with Gasteiger partial charge < -0.3 is 9.47 Å². The first-order chi connectivity index (χ1) is 12.5. The fraction of sp³-hybridized carbons (Fsp3) is 0.682. The van der Waals surface area contributed by atoms with E-state index in [1.165, 1.54) is 6.92 Å². The summed E-state index contributed by atoms with van der Waals surface area (Å²) in [7, 11) is 0. The SMILES string of the molecule is C=C(C)[C@@H]1C[C@@H](OC(=O)CC(C)C)[C@@]2(C1)C(C)=CC(=O)[C@H](OC(C)=O)[C@H]2C. The number of carbonyl (C=O) groups excluding carboxylic acids is 3. The second-order valence-electron chi connectivity index (χ2n) is 8.65. The fourth-order valence-corrected chi connectivity index (χ4v) is 4.70. The van der Waals surface area contributed by atoms with E-state index in [2.05, 4.69) is 6.58 Å². The van der Waals surface area contributed by atoms with Crippen LogP contribution in [0.25, 0.3) is 0 Å². The molecule has 1 fully saturated rings. The molecule has 5 heteroatoms. The van der Waals surface area contributed by atoms with Crippen molar-refractivity contribution in [1.29, 1.82) is 0 Å². The molecule has 2 aliphatic rings. The summed E-state index contributed by atoms with van der Waals surface area (Å²) in [4.78, 5) is 36.5. The van der Waals surface area contributed by atoms with Crippen molar-refractivity contribution in [2.75, 3.05) is 0 Å². The topological polar surface area (TPSA) is 69.7 Å². The van der Waals surface area contributed by atoms with Crippen molar-refractivity contribution < 1.29 is 23.9 Å². The van der Waals surface area contributed by atoms with Gasteiger partial charge in [-0.2, -0.15) is 0 Å². The van der Waals surface area contributed by atoms with Gasteiger partial charge in [0.1, 0.15) is 6.10 Å². The van der Waals surface area contributed by atoms with E-state index >= 15 is 0 Å². The number of allylic oxidation sites excluding steroid dienone is 1. The van der Waals surface area contributed by atoms with Gasteiger partial charge in [0, 0.05) is 24.7 Å². The van der Waals surface area contributed by atoms with Gasteiger partial charge in [-0.05, 0) is 44.6 Å². The van der Waals surface area contributed by atoms with Crippen molar-refractivity contribution in [3.05, 3.63) is 23.8 Å². The molecule has 0 aromatic rings. The molecule has 0 aromatic heterocycles. The molecule has 150 valence electrons. The monoisotopic (exact) mass is 376 g/mol. The zero-order chi connectivity index (χ0) is 20.5. The predicted molar refractivity (Wildman–Crippen MR) is 103 cm³/mol. The van der Waals surface area contributed by atoms with Crippen LogP contribution in [0.15, 0.2) is 23.8 Å². The number of rotatable bonds is 5. The summed E-state index contributed by atoms with van der Waals surface area (Å²) >= 11 is 0. The number of esters is 2. The van der Waals surface area contributed by atoms with Gasteiger partial charge in [-0.15, -0.1) is 0 Å². The van der Waals surface area contributed by atoms with Gasteiger partial charge in [0.05, 0.1) is 0 Å². The lowest BCUT2D eigenvalue weighted by Crippen LogP contribution is -2.51. The summed E-state index contributed by atoms with van der Waals surface area (Å²) in [6.07, 6.45) is 2.13. The molecule has 27 heavy (non-hydrogen) atoms. The molecule has 1 saturated carbocycles. The van der Waals surface area contributed by atoms with E-state index in [1.807, 2.05) is 34.6 Å². The first-order valence-corrected chi connectivity index (χ1v) is 9.73. The molecular weight excluding hydrogens is 344 g/mol. The van der Waals surface area contributed by atoms with Gasteiger partial charge >= 0.3 is 11.9 Å². The van der Waals surface area contributed by atoms with Gasteiger partial charge in [-0.1, -0.05) is 38.5 Å². The summed E-state index contributed by atoms with van der Waals surface area (Å²) < 4.78 is 11.3. The van der Waals surface area contributed by atoms with Crippen LogP contribution in [-0.4, -0.2) is 29.9 Å². The maximum Gasteiger partial charge on any atom is 0.306 e. The maximum atomic E-state index is 12.5. The molecule has 0 heterocycles. The van der Waals surface area contributed by atoms with Crippen molar-refractivity contribution in [3.8, 4) is 0 Å². The van der Waals surface area contributed by atoms with E-state index in [4.69, 9.17) is 9.47 Å². The van der Waals surface area contributed by atoms with Crippen molar-refractivity contribution in [3.63, 3.8) is 0 Å². The normalized spacial score (nSPS) is 33.1. The molecule has 0 aromatic carbocycles. The largest absolute Gasteiger partial charge is 0.461 e. The van der Waals surface area contributed by atoms with Crippen LogP contribution in [0, 0.1) is 23.2 Å². The number of ketones is 1. The molecule has 0 amide bonds. The molecule has 5 atom stereocenters. The van der Waals surface area contributed by atoms with Crippen molar-refractivity contribution >= 4 is 17.7 Å². The third kappa shape index (κ3) is 4.17. The minimum absolute atomic E-state index is 0.193. The van der Waals surface area contributed by atoms with Crippen LogP contribution in [-0.2, 0) is 23.9 Å². The molecule has 2 rings (SSSR count). The Bertz CT molecular complexity index is 674. The fourth-order valence-electron chi connectivity index (χ4n) is 4.70. The highest BCUT2D eigenvalue weighted by Crippen LogP contribution is 2.57. The summed E-state index contributed by atoms with van der Waals surface area (Å²) in [6, 6.07) is 0. The highest BCUT2D eigenvalue weighted by atomic mass is 16.6. The van der Waals surface area contributed by atoms with E-state index < -0.39 is 17.5 Å². The second kappa shape index (κ2) is 7.99. The predicted octanol–water partition coefficient (Wildman–Crippen LogP) is 4.01. The summed E-state index contributed by atoms with van der Waals surface area (Å²) in [5.74, 6) is -0.780. The molecule has 0 radical (unpaired) electrons. The van der Waals surface area contributed by atoms with E-state index in [0.717, 1.165) is 17.6 Å². The van der Waals surface area contributed by atoms with Gasteiger partial charge in [0.15, 0.2) is 11.9 Å². The molecule has 2 aliphatic carbocycles. The number of ether oxygens (including phenoxy) is 2. The number of hydrogen-bond donors (Lipinski definition) is 0. The van der Waals surface area contributed by atoms with E-state index in [-0.39, 0.29) is 35.6 Å². The first kappa shape index (κ1) is 21.4.